The molecule has 0 radical (unpaired) electrons. The van der Waals surface area contributed by atoms with Crippen LogP contribution in [0, 0.1) is 0 Å². The molecule has 8 heteroatoms. The Bertz CT molecular complexity index is 1590. The lowest BCUT2D eigenvalue weighted by molar-refractivity contribution is 0.0951. The van der Waals surface area contributed by atoms with Crippen LogP contribution in [0.1, 0.15) is 42.3 Å². The van der Waals surface area contributed by atoms with Crippen LogP contribution in [0.15, 0.2) is 87.7 Å². The minimum absolute atomic E-state index is 0.141. The van der Waals surface area contributed by atoms with Crippen molar-refractivity contribution in [2.45, 2.75) is 26.2 Å². The van der Waals surface area contributed by atoms with Gasteiger partial charge in [-0.2, -0.15) is 0 Å². The van der Waals surface area contributed by atoms with Gasteiger partial charge in [0, 0.05) is 21.8 Å². The number of anilines is 1. The van der Waals surface area contributed by atoms with Crippen molar-refractivity contribution in [3.05, 3.63) is 95.2 Å². The lowest BCUT2D eigenvalue weighted by Gasteiger charge is -2.09. The number of halogens is 1. The normalized spacial score (nSPS) is 11.9. The fraction of sp³-hybridized carbons (Fsp3) is 0.138. The van der Waals surface area contributed by atoms with Gasteiger partial charge in [0.1, 0.15) is 11.3 Å². The number of benzene rings is 3. The first-order valence-electron chi connectivity index (χ1n) is 11.9. The van der Waals surface area contributed by atoms with Crippen molar-refractivity contribution in [1.82, 2.24) is 10.3 Å². The van der Waals surface area contributed by atoms with E-state index in [4.69, 9.17) is 32.7 Å². The molecule has 0 bridgehead atoms. The molecule has 5 aromatic rings. The number of thiocarbonyl (C=S) groups is 1. The first-order valence-corrected chi connectivity index (χ1v) is 12.7. The molecule has 2 N–H and O–H groups in total. The number of fused-ring (bicyclic) bond motifs is 1. The summed E-state index contributed by atoms with van der Waals surface area (Å²) in [6, 6.07) is 24.1. The lowest BCUT2D eigenvalue weighted by atomic mass is 9.98. The second kappa shape index (κ2) is 10.6. The number of rotatable bonds is 6. The molecule has 0 aliphatic carbocycles. The smallest absolute Gasteiger partial charge is 0.293 e. The average molecular weight is 530 g/mol. The zero-order valence-electron chi connectivity index (χ0n) is 20.2. The molecule has 1 atom stereocenters. The number of hydrogen-bond donors (Lipinski definition) is 2. The van der Waals surface area contributed by atoms with Gasteiger partial charge in [-0.25, -0.2) is 4.98 Å². The minimum Gasteiger partial charge on any atom is -0.451 e. The third-order valence-electron chi connectivity index (χ3n) is 6.15. The second-order valence-corrected chi connectivity index (χ2v) is 9.56. The SMILES string of the molecule is CC[C@H](C)c1ccc2oc(-c3ccc(NC(=S)NC(=O)c4ccc(-c5cccc(Cl)c5)o4)cc3)nc2c1. The van der Waals surface area contributed by atoms with Gasteiger partial charge in [0.25, 0.3) is 5.91 Å². The van der Waals surface area contributed by atoms with Crippen LogP contribution in [-0.2, 0) is 0 Å². The third-order valence-corrected chi connectivity index (χ3v) is 6.59. The zero-order valence-corrected chi connectivity index (χ0v) is 21.8. The predicted molar refractivity (Wildman–Crippen MR) is 151 cm³/mol. The molecule has 3 aromatic carbocycles. The van der Waals surface area contributed by atoms with Gasteiger partial charge in [0.2, 0.25) is 5.89 Å². The summed E-state index contributed by atoms with van der Waals surface area (Å²) in [5.41, 5.74) is 5.18. The number of nitrogens with one attached hydrogen (secondary N) is 2. The van der Waals surface area contributed by atoms with Gasteiger partial charge < -0.3 is 14.2 Å². The number of nitrogens with zero attached hydrogens (tertiary/aromatic N) is 1. The van der Waals surface area contributed by atoms with Crippen molar-refractivity contribution < 1.29 is 13.6 Å². The standard InChI is InChI=1S/C29H24ClN3O3S/c1-3-17(2)19-9-12-25-23(16-19)32-28(36-25)18-7-10-22(11-8-18)31-29(37)33-27(34)26-14-13-24(35-26)20-5-4-6-21(30)15-20/h4-17H,3H2,1-2H3,(H2,31,33,34,37)/t17-/m0/s1. The highest BCUT2D eigenvalue weighted by atomic mass is 35.5. The Balaban J connectivity index is 1.22. The minimum atomic E-state index is -0.453. The molecule has 0 spiro atoms. The van der Waals surface area contributed by atoms with E-state index in [-0.39, 0.29) is 10.9 Å². The van der Waals surface area contributed by atoms with Crippen LogP contribution < -0.4 is 10.6 Å². The summed E-state index contributed by atoms with van der Waals surface area (Å²) in [7, 11) is 0. The fourth-order valence-electron chi connectivity index (χ4n) is 3.89. The van der Waals surface area contributed by atoms with E-state index in [1.165, 1.54) is 5.56 Å². The van der Waals surface area contributed by atoms with E-state index in [1.54, 1.807) is 24.3 Å². The molecule has 2 aromatic heterocycles. The molecular weight excluding hydrogens is 506 g/mol. The number of furan rings is 1. The summed E-state index contributed by atoms with van der Waals surface area (Å²) >= 11 is 11.3. The molecule has 0 saturated heterocycles. The Hall–Kier alpha value is -3.94. The van der Waals surface area contributed by atoms with Crippen LogP contribution in [-0.4, -0.2) is 16.0 Å². The molecule has 5 rings (SSSR count). The quantitative estimate of drug-likeness (QED) is 0.217. The number of carbonyl (C=O) groups excluding carboxylic acids is 1. The van der Waals surface area contributed by atoms with Gasteiger partial charge in [-0.05, 0) is 90.8 Å². The maximum Gasteiger partial charge on any atom is 0.293 e. The zero-order chi connectivity index (χ0) is 25.9. The van der Waals surface area contributed by atoms with Crippen molar-refractivity contribution in [2.24, 2.45) is 0 Å². The maximum atomic E-state index is 12.6. The molecule has 1 amide bonds. The van der Waals surface area contributed by atoms with Crippen molar-refractivity contribution in [1.29, 1.82) is 0 Å². The molecule has 0 aliphatic heterocycles. The van der Waals surface area contributed by atoms with Crippen LogP contribution in [0.2, 0.25) is 5.02 Å². The molecule has 0 unspecified atom stereocenters. The molecule has 186 valence electrons. The summed E-state index contributed by atoms with van der Waals surface area (Å²) in [6.45, 7) is 4.37. The number of aromatic nitrogens is 1. The first-order chi connectivity index (χ1) is 17.9. The molecular formula is C29H24ClN3O3S. The van der Waals surface area contributed by atoms with E-state index < -0.39 is 5.91 Å². The van der Waals surface area contributed by atoms with Crippen molar-refractivity contribution in [2.75, 3.05) is 5.32 Å². The number of carbonyl (C=O) groups is 1. The highest BCUT2D eigenvalue weighted by molar-refractivity contribution is 7.80. The van der Waals surface area contributed by atoms with Crippen molar-refractivity contribution >= 4 is 51.6 Å². The summed E-state index contributed by atoms with van der Waals surface area (Å²) in [4.78, 5) is 17.3. The molecule has 37 heavy (non-hydrogen) atoms. The van der Waals surface area contributed by atoms with Crippen molar-refractivity contribution in [3.63, 3.8) is 0 Å². The number of amides is 1. The highest BCUT2D eigenvalue weighted by Crippen LogP contribution is 2.29. The summed E-state index contributed by atoms with van der Waals surface area (Å²) in [5, 5.41) is 6.38. The monoisotopic (exact) mass is 529 g/mol. The average Bonchev–Trinajstić information content (AvgIpc) is 3.56. The molecule has 0 fully saturated rings. The Morgan fingerprint density at radius 1 is 1.00 bits per heavy atom. The summed E-state index contributed by atoms with van der Waals surface area (Å²) < 4.78 is 11.6. The Labute approximate surface area is 224 Å². The molecule has 2 heterocycles. The van der Waals surface area contributed by atoms with E-state index >= 15 is 0 Å². The molecule has 0 aliphatic rings. The summed E-state index contributed by atoms with van der Waals surface area (Å²) in [6.07, 6.45) is 1.07. The van der Waals surface area contributed by atoms with Crippen LogP contribution >= 0.6 is 23.8 Å². The van der Waals surface area contributed by atoms with Crippen LogP contribution in [0.5, 0.6) is 0 Å². The van der Waals surface area contributed by atoms with E-state index in [0.717, 1.165) is 28.6 Å². The van der Waals surface area contributed by atoms with Crippen LogP contribution in [0.3, 0.4) is 0 Å². The number of oxazole rings is 1. The Morgan fingerprint density at radius 3 is 2.57 bits per heavy atom. The van der Waals surface area contributed by atoms with E-state index in [9.17, 15) is 4.79 Å². The molecule has 0 saturated carbocycles. The van der Waals surface area contributed by atoms with E-state index in [0.29, 0.717) is 28.3 Å². The van der Waals surface area contributed by atoms with Crippen LogP contribution in [0.4, 0.5) is 5.69 Å². The second-order valence-electron chi connectivity index (χ2n) is 8.72. The maximum absolute atomic E-state index is 12.6. The summed E-state index contributed by atoms with van der Waals surface area (Å²) in [5.74, 6) is 1.24. The fourth-order valence-corrected chi connectivity index (χ4v) is 4.29. The van der Waals surface area contributed by atoms with Gasteiger partial charge in [0.05, 0.1) is 0 Å². The topological polar surface area (TPSA) is 80.3 Å². The van der Waals surface area contributed by atoms with Gasteiger partial charge in [-0.1, -0.05) is 43.6 Å². The Kier molecular flexibility index (Phi) is 7.08. The van der Waals surface area contributed by atoms with E-state index in [1.807, 2.05) is 42.5 Å². The Morgan fingerprint density at radius 2 is 1.81 bits per heavy atom. The first kappa shape index (κ1) is 24.7. The van der Waals surface area contributed by atoms with Gasteiger partial charge in [0.15, 0.2) is 16.5 Å². The largest absolute Gasteiger partial charge is 0.451 e. The third kappa shape index (κ3) is 5.58. The number of hydrogen-bond acceptors (Lipinski definition) is 5. The lowest BCUT2D eigenvalue weighted by Crippen LogP contribution is -2.33. The van der Waals surface area contributed by atoms with Crippen molar-refractivity contribution in [3.8, 4) is 22.8 Å². The van der Waals surface area contributed by atoms with Gasteiger partial charge in [-0.3, -0.25) is 10.1 Å². The predicted octanol–water partition coefficient (Wildman–Crippen LogP) is 8.05. The highest BCUT2D eigenvalue weighted by Gasteiger charge is 2.15. The van der Waals surface area contributed by atoms with Gasteiger partial charge >= 0.3 is 0 Å². The van der Waals surface area contributed by atoms with Crippen LogP contribution in [0.25, 0.3) is 33.9 Å². The van der Waals surface area contributed by atoms with Gasteiger partial charge in [-0.15, -0.1) is 0 Å². The molecule has 6 nitrogen and oxygen atoms in total. The van der Waals surface area contributed by atoms with E-state index in [2.05, 4.69) is 41.6 Å².